The normalized spacial score (nSPS) is 13.1. The average molecular weight is 339 g/mol. The molecule has 7 nitrogen and oxygen atoms in total. The Morgan fingerprint density at radius 1 is 1.48 bits per heavy atom. The SMILES string of the molecule is C[C@H](OC(=O)c1cc(Cl)c2c(c1)OCO2)C(=O)N(C)CCC#N. The second kappa shape index (κ2) is 7.20. The molecule has 1 aliphatic heterocycles. The largest absolute Gasteiger partial charge is 0.454 e. The van der Waals surface area contributed by atoms with E-state index in [-0.39, 0.29) is 36.3 Å². The topological polar surface area (TPSA) is 88.9 Å². The Morgan fingerprint density at radius 2 is 2.22 bits per heavy atom. The number of hydrogen-bond acceptors (Lipinski definition) is 6. The summed E-state index contributed by atoms with van der Waals surface area (Å²) < 4.78 is 15.5. The van der Waals surface area contributed by atoms with Gasteiger partial charge in [0.1, 0.15) is 0 Å². The van der Waals surface area contributed by atoms with Crippen LogP contribution >= 0.6 is 11.6 Å². The Kier molecular flexibility index (Phi) is 5.29. The van der Waals surface area contributed by atoms with Crippen LogP contribution in [-0.4, -0.2) is 43.3 Å². The van der Waals surface area contributed by atoms with E-state index in [9.17, 15) is 9.59 Å². The lowest BCUT2D eigenvalue weighted by Gasteiger charge is -2.20. The van der Waals surface area contributed by atoms with Gasteiger partial charge in [-0.2, -0.15) is 5.26 Å². The van der Waals surface area contributed by atoms with Crippen molar-refractivity contribution in [3.05, 3.63) is 22.7 Å². The number of ether oxygens (including phenoxy) is 3. The van der Waals surface area contributed by atoms with Crippen molar-refractivity contribution >= 4 is 23.5 Å². The third-order valence-corrected chi connectivity index (χ3v) is 3.51. The van der Waals surface area contributed by atoms with Gasteiger partial charge in [0.15, 0.2) is 17.6 Å². The maximum atomic E-state index is 12.1. The van der Waals surface area contributed by atoms with Crippen LogP contribution in [0.15, 0.2) is 12.1 Å². The predicted octanol–water partition coefficient (Wildman–Crippen LogP) is 1.99. The molecule has 2 rings (SSSR count). The van der Waals surface area contributed by atoms with Crippen LogP contribution in [0.1, 0.15) is 23.7 Å². The molecule has 0 saturated heterocycles. The molecular weight excluding hydrogens is 324 g/mol. The second-order valence-electron chi connectivity index (χ2n) is 4.91. The number of likely N-dealkylation sites (N-methyl/N-ethyl adjacent to an activating group) is 1. The summed E-state index contributed by atoms with van der Waals surface area (Å²) in [4.78, 5) is 25.5. The number of hydrogen-bond donors (Lipinski definition) is 0. The van der Waals surface area contributed by atoms with Crippen molar-refractivity contribution < 1.29 is 23.8 Å². The van der Waals surface area contributed by atoms with E-state index in [4.69, 9.17) is 31.1 Å². The Hall–Kier alpha value is -2.46. The van der Waals surface area contributed by atoms with Crippen molar-refractivity contribution in [2.45, 2.75) is 19.4 Å². The molecule has 1 aromatic rings. The molecule has 1 heterocycles. The molecule has 1 amide bonds. The third-order valence-electron chi connectivity index (χ3n) is 3.23. The molecular formula is C15H15ClN2O5. The fraction of sp³-hybridized carbons (Fsp3) is 0.400. The van der Waals surface area contributed by atoms with E-state index in [1.54, 1.807) is 7.05 Å². The third kappa shape index (κ3) is 3.85. The first-order valence-electron chi connectivity index (χ1n) is 6.86. The highest BCUT2D eigenvalue weighted by Crippen LogP contribution is 2.39. The van der Waals surface area contributed by atoms with Crippen LogP contribution in [0.5, 0.6) is 11.5 Å². The summed E-state index contributed by atoms with van der Waals surface area (Å²) in [5, 5.41) is 8.76. The van der Waals surface area contributed by atoms with E-state index in [1.807, 2.05) is 6.07 Å². The molecule has 8 heteroatoms. The molecule has 1 atom stereocenters. The molecule has 0 bridgehead atoms. The lowest BCUT2D eigenvalue weighted by Crippen LogP contribution is -2.37. The van der Waals surface area contributed by atoms with E-state index in [0.29, 0.717) is 11.5 Å². The molecule has 1 aliphatic rings. The smallest absolute Gasteiger partial charge is 0.339 e. The number of benzene rings is 1. The summed E-state index contributed by atoms with van der Waals surface area (Å²) in [5.41, 5.74) is 0.165. The van der Waals surface area contributed by atoms with E-state index in [1.165, 1.54) is 24.0 Å². The van der Waals surface area contributed by atoms with E-state index >= 15 is 0 Å². The number of rotatable bonds is 5. The minimum atomic E-state index is -0.976. The Bertz CT molecular complexity index is 671. The molecule has 0 aromatic heterocycles. The standard InChI is InChI=1S/C15H15ClN2O5/c1-9(14(19)18(2)5-3-4-17)23-15(20)10-6-11(16)13-12(7-10)21-8-22-13/h6-7,9H,3,5,8H2,1-2H3/t9-/m0/s1. The van der Waals surface area contributed by atoms with E-state index in [2.05, 4.69) is 0 Å². The molecule has 23 heavy (non-hydrogen) atoms. The molecule has 0 aliphatic carbocycles. The van der Waals surface area contributed by atoms with Crippen LogP contribution in [0.25, 0.3) is 0 Å². The number of carbonyl (C=O) groups excluding carboxylic acids is 2. The maximum absolute atomic E-state index is 12.1. The van der Waals surface area contributed by atoms with Gasteiger partial charge in [0.05, 0.1) is 23.1 Å². The van der Waals surface area contributed by atoms with E-state index in [0.717, 1.165) is 0 Å². The molecule has 0 saturated carbocycles. The van der Waals surface area contributed by atoms with Crippen LogP contribution < -0.4 is 9.47 Å². The van der Waals surface area contributed by atoms with Crippen LogP contribution in [0.2, 0.25) is 5.02 Å². The summed E-state index contributed by atoms with van der Waals surface area (Å²) in [6.07, 6.45) is -0.767. The Morgan fingerprint density at radius 3 is 2.91 bits per heavy atom. The fourth-order valence-electron chi connectivity index (χ4n) is 2.00. The number of nitriles is 1. The number of halogens is 1. The predicted molar refractivity (Wildman–Crippen MR) is 80.3 cm³/mol. The summed E-state index contributed by atoms with van der Waals surface area (Å²) in [6, 6.07) is 4.80. The van der Waals surface area contributed by atoms with Crippen molar-refractivity contribution in [1.29, 1.82) is 5.26 Å². The molecule has 0 fully saturated rings. The lowest BCUT2D eigenvalue weighted by atomic mass is 10.2. The monoisotopic (exact) mass is 338 g/mol. The quantitative estimate of drug-likeness (QED) is 0.763. The highest BCUT2D eigenvalue weighted by Gasteiger charge is 2.25. The van der Waals surface area contributed by atoms with Gasteiger partial charge in [-0.15, -0.1) is 0 Å². The zero-order chi connectivity index (χ0) is 17.0. The molecule has 0 spiro atoms. The molecule has 1 aromatic carbocycles. The van der Waals surface area contributed by atoms with E-state index < -0.39 is 12.1 Å². The van der Waals surface area contributed by atoms with Gasteiger partial charge >= 0.3 is 5.97 Å². The minimum Gasteiger partial charge on any atom is -0.454 e. The Balaban J connectivity index is 2.03. The maximum Gasteiger partial charge on any atom is 0.339 e. The zero-order valence-corrected chi connectivity index (χ0v) is 13.4. The van der Waals surface area contributed by atoms with Crippen LogP contribution in [-0.2, 0) is 9.53 Å². The van der Waals surface area contributed by atoms with Crippen molar-refractivity contribution in [2.24, 2.45) is 0 Å². The minimum absolute atomic E-state index is 0.0339. The number of fused-ring (bicyclic) bond motifs is 1. The second-order valence-corrected chi connectivity index (χ2v) is 5.31. The molecule has 0 radical (unpaired) electrons. The van der Waals surface area contributed by atoms with Gasteiger partial charge in [-0.1, -0.05) is 11.6 Å². The number of nitrogens with zero attached hydrogens (tertiary/aromatic N) is 2. The summed E-state index contributed by atoms with van der Waals surface area (Å²) in [5.74, 6) is -0.349. The van der Waals surface area contributed by atoms with Gasteiger partial charge in [0, 0.05) is 13.6 Å². The van der Waals surface area contributed by atoms with Crippen molar-refractivity contribution in [1.82, 2.24) is 4.90 Å². The van der Waals surface area contributed by atoms with Crippen LogP contribution in [0.3, 0.4) is 0 Å². The van der Waals surface area contributed by atoms with Crippen LogP contribution in [0.4, 0.5) is 0 Å². The average Bonchev–Trinajstić information content (AvgIpc) is 3.00. The molecule has 122 valence electrons. The van der Waals surface area contributed by atoms with Gasteiger partial charge in [-0.05, 0) is 19.1 Å². The van der Waals surface area contributed by atoms with Gasteiger partial charge in [-0.25, -0.2) is 4.79 Å². The summed E-state index contributed by atoms with van der Waals surface area (Å²) >= 11 is 6.01. The van der Waals surface area contributed by atoms with Gasteiger partial charge < -0.3 is 19.1 Å². The van der Waals surface area contributed by atoms with Crippen molar-refractivity contribution in [2.75, 3.05) is 20.4 Å². The molecule has 0 unspecified atom stereocenters. The number of esters is 1. The summed E-state index contributed by atoms with van der Waals surface area (Å²) in [6.45, 7) is 1.77. The highest BCUT2D eigenvalue weighted by atomic mass is 35.5. The molecule has 0 N–H and O–H groups in total. The summed E-state index contributed by atoms with van der Waals surface area (Å²) in [7, 11) is 1.54. The van der Waals surface area contributed by atoms with Gasteiger partial charge in [0.25, 0.3) is 5.91 Å². The number of carbonyl (C=O) groups is 2. The van der Waals surface area contributed by atoms with Crippen LogP contribution in [0, 0.1) is 11.3 Å². The van der Waals surface area contributed by atoms with Crippen molar-refractivity contribution in [3.63, 3.8) is 0 Å². The Labute approximate surface area is 138 Å². The van der Waals surface area contributed by atoms with Gasteiger partial charge in [0.2, 0.25) is 6.79 Å². The highest BCUT2D eigenvalue weighted by molar-refractivity contribution is 6.32. The first-order valence-corrected chi connectivity index (χ1v) is 7.24. The van der Waals surface area contributed by atoms with Crippen molar-refractivity contribution in [3.8, 4) is 17.6 Å². The zero-order valence-electron chi connectivity index (χ0n) is 12.7. The fourth-order valence-corrected chi connectivity index (χ4v) is 2.27. The lowest BCUT2D eigenvalue weighted by molar-refractivity contribution is -0.138. The first kappa shape index (κ1) is 16.9. The number of amides is 1. The van der Waals surface area contributed by atoms with Gasteiger partial charge in [-0.3, -0.25) is 4.79 Å². The first-order chi connectivity index (χ1) is 10.9.